The van der Waals surface area contributed by atoms with Crippen LogP contribution in [0.25, 0.3) is 0 Å². The summed E-state index contributed by atoms with van der Waals surface area (Å²) in [5, 5.41) is 0. The molecule has 1 nitrogen and oxygen atoms in total. The van der Waals surface area contributed by atoms with Crippen molar-refractivity contribution in [1.29, 1.82) is 0 Å². The standard InChI is InChI=1S/C32H67N.BrH/c1-5-8-10-12-14-16-18-20-22-24-26-28-30-32(33(4)7-3)31-29-27-25-23-21-19-17-15-13-11-9-6-2;/h32H,5-31H2,1-4H3;1H. The van der Waals surface area contributed by atoms with Gasteiger partial charge in [-0.15, -0.1) is 0 Å². The first-order chi connectivity index (χ1) is 16.3. The first-order valence-electron chi connectivity index (χ1n) is 16.1. The van der Waals surface area contributed by atoms with Gasteiger partial charge in [0.2, 0.25) is 0 Å². The molecule has 0 amide bonds. The summed E-state index contributed by atoms with van der Waals surface area (Å²) in [6, 6.07) is 0.918. The SMILES string of the molecule is CCCCCCCCCCCCCCC(CCCCCCCCCCCCCC)[NH+](C)CC.[Br-]. The highest BCUT2D eigenvalue weighted by molar-refractivity contribution is 4.59. The van der Waals surface area contributed by atoms with Crippen LogP contribution in [0.4, 0.5) is 0 Å². The van der Waals surface area contributed by atoms with Crippen LogP contribution in [0.15, 0.2) is 0 Å². The molecule has 0 saturated heterocycles. The average molecular weight is 547 g/mol. The van der Waals surface area contributed by atoms with Crippen molar-refractivity contribution < 1.29 is 21.9 Å². The fourth-order valence-electron chi connectivity index (χ4n) is 5.39. The molecule has 0 radical (unpaired) electrons. The molecule has 0 saturated carbocycles. The molecule has 0 aromatic carbocycles. The first-order valence-corrected chi connectivity index (χ1v) is 16.1. The third-order valence-corrected chi connectivity index (χ3v) is 8.07. The van der Waals surface area contributed by atoms with Gasteiger partial charge in [0, 0.05) is 0 Å². The fourth-order valence-corrected chi connectivity index (χ4v) is 5.39. The summed E-state index contributed by atoms with van der Waals surface area (Å²) in [5.41, 5.74) is 0. The molecule has 0 aromatic heterocycles. The molecule has 0 bridgehead atoms. The molecule has 0 aliphatic carbocycles. The fraction of sp³-hybridized carbons (Fsp3) is 1.00. The number of hydrogen-bond donors (Lipinski definition) is 1. The zero-order valence-corrected chi connectivity index (χ0v) is 26.1. The number of rotatable bonds is 28. The molecule has 0 heterocycles. The Labute approximate surface area is 228 Å². The molecular formula is C32H68BrN. The van der Waals surface area contributed by atoms with Gasteiger partial charge in [0.15, 0.2) is 0 Å². The summed E-state index contributed by atoms with van der Waals surface area (Å²) in [7, 11) is 2.44. The molecule has 1 atom stereocenters. The summed E-state index contributed by atoms with van der Waals surface area (Å²) in [6.45, 7) is 8.28. The normalized spacial score (nSPS) is 12.3. The molecule has 208 valence electrons. The van der Waals surface area contributed by atoms with Gasteiger partial charge in [-0.25, -0.2) is 0 Å². The zero-order valence-electron chi connectivity index (χ0n) is 24.5. The lowest BCUT2D eigenvalue weighted by Crippen LogP contribution is -3.12. The second-order valence-electron chi connectivity index (χ2n) is 11.3. The van der Waals surface area contributed by atoms with Crippen LogP contribution < -0.4 is 21.9 Å². The Hall–Kier alpha value is 0.440. The smallest absolute Gasteiger partial charge is 0.0872 e. The van der Waals surface area contributed by atoms with E-state index in [1.165, 1.54) is 173 Å². The van der Waals surface area contributed by atoms with E-state index in [0.717, 1.165) is 6.04 Å². The number of quaternary nitrogens is 1. The number of nitrogens with one attached hydrogen (secondary N) is 1. The summed E-state index contributed by atoms with van der Waals surface area (Å²) in [5.74, 6) is 0. The maximum Gasteiger partial charge on any atom is 0.0872 e. The lowest BCUT2D eigenvalue weighted by Gasteiger charge is -2.24. The Morgan fingerprint density at radius 1 is 0.382 bits per heavy atom. The molecule has 0 aliphatic heterocycles. The second kappa shape index (κ2) is 31.5. The van der Waals surface area contributed by atoms with Crippen molar-refractivity contribution in [2.24, 2.45) is 0 Å². The minimum Gasteiger partial charge on any atom is -1.00 e. The van der Waals surface area contributed by atoms with Crippen molar-refractivity contribution in [2.45, 2.75) is 194 Å². The van der Waals surface area contributed by atoms with Gasteiger partial charge >= 0.3 is 0 Å². The summed E-state index contributed by atoms with van der Waals surface area (Å²) in [6.07, 6.45) is 38.1. The van der Waals surface area contributed by atoms with Gasteiger partial charge in [-0.05, 0) is 32.6 Å². The minimum absolute atomic E-state index is 0. The van der Waals surface area contributed by atoms with Crippen molar-refractivity contribution in [3.05, 3.63) is 0 Å². The van der Waals surface area contributed by atoms with Gasteiger partial charge < -0.3 is 21.9 Å². The van der Waals surface area contributed by atoms with Gasteiger partial charge in [0.25, 0.3) is 0 Å². The molecule has 0 aromatic rings. The van der Waals surface area contributed by atoms with E-state index < -0.39 is 0 Å². The largest absolute Gasteiger partial charge is 1.00 e. The van der Waals surface area contributed by atoms with Crippen molar-refractivity contribution in [1.82, 2.24) is 0 Å². The monoisotopic (exact) mass is 545 g/mol. The number of unbranched alkanes of at least 4 members (excludes halogenated alkanes) is 22. The molecule has 0 spiro atoms. The van der Waals surface area contributed by atoms with Crippen LogP contribution >= 0.6 is 0 Å². The number of halogens is 1. The van der Waals surface area contributed by atoms with Crippen LogP contribution in [0, 0.1) is 0 Å². The van der Waals surface area contributed by atoms with Crippen LogP contribution in [0.3, 0.4) is 0 Å². The van der Waals surface area contributed by atoms with E-state index in [1.54, 1.807) is 4.90 Å². The molecule has 1 N–H and O–H groups in total. The van der Waals surface area contributed by atoms with Crippen LogP contribution in [-0.4, -0.2) is 19.6 Å². The van der Waals surface area contributed by atoms with E-state index in [2.05, 4.69) is 27.8 Å². The predicted octanol–water partition coefficient (Wildman–Crippen LogP) is 7.08. The lowest BCUT2D eigenvalue weighted by molar-refractivity contribution is -0.905. The highest BCUT2D eigenvalue weighted by Gasteiger charge is 2.16. The summed E-state index contributed by atoms with van der Waals surface area (Å²) in [4.78, 5) is 1.78. The lowest BCUT2D eigenvalue weighted by atomic mass is 9.98. The predicted molar refractivity (Wildman–Crippen MR) is 153 cm³/mol. The highest BCUT2D eigenvalue weighted by Crippen LogP contribution is 2.16. The van der Waals surface area contributed by atoms with Crippen LogP contribution in [0.2, 0.25) is 0 Å². The maximum atomic E-state index is 2.44. The summed E-state index contributed by atoms with van der Waals surface area (Å²) >= 11 is 0. The van der Waals surface area contributed by atoms with Crippen molar-refractivity contribution in [2.75, 3.05) is 13.6 Å². The van der Waals surface area contributed by atoms with Crippen molar-refractivity contribution >= 4 is 0 Å². The zero-order chi connectivity index (χ0) is 24.2. The molecule has 34 heavy (non-hydrogen) atoms. The summed E-state index contributed by atoms with van der Waals surface area (Å²) < 4.78 is 0. The second-order valence-corrected chi connectivity index (χ2v) is 11.3. The van der Waals surface area contributed by atoms with Crippen molar-refractivity contribution in [3.63, 3.8) is 0 Å². The van der Waals surface area contributed by atoms with E-state index in [9.17, 15) is 0 Å². The Morgan fingerprint density at radius 3 is 0.853 bits per heavy atom. The van der Waals surface area contributed by atoms with Crippen LogP contribution in [0.1, 0.15) is 188 Å². The number of hydrogen-bond acceptors (Lipinski definition) is 0. The maximum absolute atomic E-state index is 2.44. The Kier molecular flexibility index (Phi) is 33.9. The first kappa shape index (κ1) is 36.6. The molecular weight excluding hydrogens is 478 g/mol. The van der Waals surface area contributed by atoms with E-state index in [0.29, 0.717) is 0 Å². The van der Waals surface area contributed by atoms with E-state index >= 15 is 0 Å². The third-order valence-electron chi connectivity index (χ3n) is 8.07. The topological polar surface area (TPSA) is 4.44 Å². The Balaban J connectivity index is 0. The van der Waals surface area contributed by atoms with Gasteiger partial charge in [0.05, 0.1) is 19.6 Å². The average Bonchev–Trinajstić information content (AvgIpc) is 2.83. The Bertz CT molecular complexity index is 318. The van der Waals surface area contributed by atoms with Crippen LogP contribution in [-0.2, 0) is 0 Å². The molecule has 0 aliphatic rings. The van der Waals surface area contributed by atoms with Crippen LogP contribution in [0.5, 0.6) is 0 Å². The molecule has 0 rings (SSSR count). The van der Waals surface area contributed by atoms with E-state index in [1.807, 2.05) is 0 Å². The third kappa shape index (κ3) is 27.0. The van der Waals surface area contributed by atoms with E-state index in [4.69, 9.17) is 0 Å². The van der Waals surface area contributed by atoms with Crippen molar-refractivity contribution in [3.8, 4) is 0 Å². The molecule has 2 heteroatoms. The van der Waals surface area contributed by atoms with Gasteiger partial charge in [0.1, 0.15) is 0 Å². The van der Waals surface area contributed by atoms with E-state index in [-0.39, 0.29) is 17.0 Å². The van der Waals surface area contributed by atoms with Gasteiger partial charge in [-0.2, -0.15) is 0 Å². The Morgan fingerprint density at radius 2 is 0.618 bits per heavy atom. The highest BCUT2D eigenvalue weighted by atomic mass is 79.9. The molecule has 1 unspecified atom stereocenters. The van der Waals surface area contributed by atoms with Gasteiger partial charge in [-0.3, -0.25) is 0 Å². The minimum atomic E-state index is 0. The molecule has 0 fully saturated rings. The van der Waals surface area contributed by atoms with Gasteiger partial charge in [-0.1, -0.05) is 155 Å². The quantitative estimate of drug-likeness (QED) is 0.100.